The van der Waals surface area contributed by atoms with Crippen molar-refractivity contribution in [3.63, 3.8) is 0 Å². The van der Waals surface area contributed by atoms with Crippen LogP contribution >= 0.6 is 0 Å². The van der Waals surface area contributed by atoms with E-state index in [-0.39, 0.29) is 41.2 Å². The summed E-state index contributed by atoms with van der Waals surface area (Å²) in [5, 5.41) is 8.99. The number of nitrogens with zero attached hydrogens (tertiary/aromatic N) is 4. The van der Waals surface area contributed by atoms with Crippen molar-refractivity contribution < 1.29 is 63.5 Å². The van der Waals surface area contributed by atoms with E-state index in [4.69, 9.17) is 5.73 Å². The number of piperidine rings is 1. The van der Waals surface area contributed by atoms with Gasteiger partial charge < -0.3 is 31.5 Å². The molecule has 4 fully saturated rings. The van der Waals surface area contributed by atoms with E-state index < -0.39 is 35.2 Å². The summed E-state index contributed by atoms with van der Waals surface area (Å²) in [5.74, 6) is 0.464. The summed E-state index contributed by atoms with van der Waals surface area (Å²) in [6, 6.07) is 73.1. The Kier molecular flexibility index (Phi) is 37.6. The molecule has 22 heteroatoms. The summed E-state index contributed by atoms with van der Waals surface area (Å²) in [4.78, 5) is 65.4. The van der Waals surface area contributed by atoms with E-state index in [1.807, 2.05) is 127 Å². The molecule has 0 unspecified atom stereocenters. The Balaban J connectivity index is 0.000000195. The highest BCUT2D eigenvalue weighted by molar-refractivity contribution is 5.90. The van der Waals surface area contributed by atoms with Crippen LogP contribution in [0.4, 0.5) is 66.2 Å². The average Bonchev–Trinajstić information content (AvgIpc) is 0.819. The molecule has 9 aromatic carbocycles. The summed E-state index contributed by atoms with van der Waals surface area (Å²) in [6.45, 7) is 5.07. The first-order valence-electron chi connectivity index (χ1n) is 37.7. The number of carbonyl (C=O) groups excluding carboxylic acids is 5. The molecule has 0 bridgehead atoms. The first-order chi connectivity index (χ1) is 53.6. The number of aliphatic imine (C=N–C) groups is 1. The number of carbonyl (C=O) groups is 4. The van der Waals surface area contributed by atoms with Crippen molar-refractivity contribution in [3.05, 3.63) is 305 Å². The van der Waals surface area contributed by atoms with Crippen LogP contribution in [0.25, 0.3) is 0 Å². The number of benzene rings is 9. The zero-order chi connectivity index (χ0) is 79.5. The molecule has 588 valence electrons. The van der Waals surface area contributed by atoms with Crippen LogP contribution in [0.5, 0.6) is 0 Å². The van der Waals surface area contributed by atoms with Crippen LogP contribution in [0.15, 0.2) is 260 Å². The summed E-state index contributed by atoms with van der Waals surface area (Å²) in [5.41, 5.74) is 9.76. The zero-order valence-electron chi connectivity index (χ0n) is 62.3. The number of urea groups is 2. The fourth-order valence-electron chi connectivity index (χ4n) is 12.9. The molecule has 5 N–H and O–H groups in total. The minimum atomic E-state index is -4.46. The van der Waals surface area contributed by atoms with Crippen molar-refractivity contribution in [3.8, 4) is 0 Å². The molecule has 0 radical (unpaired) electrons. The van der Waals surface area contributed by atoms with Crippen molar-refractivity contribution in [1.29, 1.82) is 0 Å². The lowest BCUT2D eigenvalue weighted by Gasteiger charge is -2.38. The van der Waals surface area contributed by atoms with Crippen LogP contribution in [0.1, 0.15) is 164 Å². The molecule has 4 aliphatic rings. The number of likely N-dealkylation sites (tertiary alicyclic amines) is 1. The highest BCUT2D eigenvalue weighted by Gasteiger charge is 2.34. The zero-order valence-corrected chi connectivity index (χ0v) is 62.3. The third kappa shape index (κ3) is 33.7. The van der Waals surface area contributed by atoms with Crippen LogP contribution in [0.2, 0.25) is 0 Å². The molecule has 1 saturated heterocycles. The number of isocyanates is 1. The van der Waals surface area contributed by atoms with Crippen molar-refractivity contribution in [2.45, 2.75) is 179 Å². The van der Waals surface area contributed by atoms with Crippen LogP contribution in [0.3, 0.4) is 0 Å². The molecule has 9 aromatic rings. The average molecular weight is 1530 g/mol. The van der Waals surface area contributed by atoms with Crippen LogP contribution < -0.4 is 21.7 Å². The number of aldehydes is 1. The van der Waals surface area contributed by atoms with Gasteiger partial charge in [-0.3, -0.25) is 14.5 Å². The minimum absolute atomic E-state index is 0.00183. The Labute approximate surface area is 645 Å². The fraction of sp³-hybridized carbons (Fsp3) is 0.337. The number of halogens is 9. The van der Waals surface area contributed by atoms with Crippen molar-refractivity contribution in [2.24, 2.45) is 10.7 Å². The second kappa shape index (κ2) is 47.5. The van der Waals surface area contributed by atoms with E-state index >= 15 is 0 Å². The molecule has 0 aromatic heterocycles. The Hall–Kier alpha value is -10.5. The molecule has 0 spiro atoms. The molecule has 3 aliphatic carbocycles. The van der Waals surface area contributed by atoms with Gasteiger partial charge in [0, 0.05) is 93.7 Å². The van der Waals surface area contributed by atoms with E-state index in [0.717, 1.165) is 162 Å². The third-order valence-electron chi connectivity index (χ3n) is 18.9. The Bertz CT molecular complexity index is 4170. The monoisotopic (exact) mass is 1530 g/mol. The number of ketones is 1. The van der Waals surface area contributed by atoms with Gasteiger partial charge >= 0.3 is 30.6 Å². The van der Waals surface area contributed by atoms with Crippen LogP contribution in [-0.4, -0.2) is 76.1 Å². The second-order valence-electron chi connectivity index (χ2n) is 27.3. The molecule has 0 atom stereocenters. The topological polar surface area (TPSA) is 170 Å². The molecule has 111 heavy (non-hydrogen) atoms. The number of anilines is 2. The quantitative estimate of drug-likeness (QED) is 0.0321. The number of hydrogen-bond donors (Lipinski definition) is 4. The maximum atomic E-state index is 13.3. The molecular weight excluding hydrogens is 1430 g/mol. The number of rotatable bonds is 16. The van der Waals surface area contributed by atoms with E-state index in [1.165, 1.54) is 97.7 Å². The lowest BCUT2D eigenvalue weighted by Crippen LogP contribution is -2.48. The molecule has 1 aliphatic heterocycles. The van der Waals surface area contributed by atoms with Gasteiger partial charge in [0.05, 0.1) is 22.4 Å². The molecule has 3 saturated carbocycles. The molecule has 13 nitrogen and oxygen atoms in total. The standard InChI is InChI=1S/C27H28F3N3O.C21H23F3N2O.C13H19N.C8H4F3NO.C7H9N.C7H6O.C6H10O/c28-27(29,30)23-12-7-13-24(18-23)31-26(34)33(20-22-10-5-2-6-11-22)25-14-16-32(17-15-25)19-21-8-3-1-4-9-21;22-21(23,24)17-10-7-11-18(14-17)25-20(27)26(19-12-5-2-6-13-19)15-16-8-3-1-4-9-16;1-3-7-12(8-4-1)11-14-13-9-5-2-6-10-13;9-8(10,11)6-2-1-3-7(4-6)12-5-13;2*8-6-7-4-2-1-3-5-7;7-6-4-2-1-3-5-6/h1-13,18,25H,14-17,19-20H2,(H,31,34);1,3-4,7-11,14,19H,2,5-6,12-13,15H2,(H,25,27);1,3-4,7-8,13-14H,2,5-6,9-11H2;1-4H;1-5H,6,8H2;1-6H;1-5H2. The largest absolute Gasteiger partial charge is 0.416 e. The predicted octanol–water partition coefficient (Wildman–Crippen LogP) is 22.4. The molecule has 13 rings (SSSR count). The van der Waals surface area contributed by atoms with Gasteiger partial charge in [0.15, 0.2) is 0 Å². The lowest BCUT2D eigenvalue weighted by molar-refractivity contribution is -0.138. The maximum Gasteiger partial charge on any atom is 0.416 e. The summed E-state index contributed by atoms with van der Waals surface area (Å²) in [7, 11) is 0. The summed E-state index contributed by atoms with van der Waals surface area (Å²) >= 11 is 0. The Morgan fingerprint density at radius 3 is 1.22 bits per heavy atom. The number of nitrogens with one attached hydrogen (secondary N) is 3. The van der Waals surface area contributed by atoms with Gasteiger partial charge in [-0.15, -0.1) is 0 Å². The number of alkyl halides is 9. The minimum Gasteiger partial charge on any atom is -0.326 e. The number of hydrogen-bond acceptors (Lipinski definition) is 9. The van der Waals surface area contributed by atoms with Crippen LogP contribution in [-0.2, 0) is 60.8 Å². The summed E-state index contributed by atoms with van der Waals surface area (Å²) < 4.78 is 114. The fourth-order valence-corrected chi connectivity index (χ4v) is 12.9. The number of Topliss-reactive ketones (excluding diaryl/α,β-unsaturated/α-hetero) is 1. The normalized spacial score (nSPS) is 14.6. The van der Waals surface area contributed by atoms with Gasteiger partial charge in [-0.1, -0.05) is 245 Å². The van der Waals surface area contributed by atoms with E-state index in [0.29, 0.717) is 25.4 Å². The predicted molar refractivity (Wildman–Crippen MR) is 420 cm³/mol. The van der Waals surface area contributed by atoms with Crippen molar-refractivity contribution >= 4 is 47.3 Å². The first-order valence-corrected chi connectivity index (χ1v) is 37.7. The van der Waals surface area contributed by atoms with Gasteiger partial charge in [0.2, 0.25) is 6.08 Å². The SMILES string of the molecule is NCc1ccccc1.O=C(Nc1cccc(C(F)(F)F)c1)N(Cc1ccccc1)C1CCCCC1.O=C(Nc1cccc(C(F)(F)F)c1)N(Cc1ccccc1)C1CCN(Cc2ccccc2)CC1.O=C1CCCCC1.O=C=Nc1cccc(C(F)(F)F)c1.O=Cc1ccccc1.c1ccc(CNC2CCCCC2)cc1. The van der Waals surface area contributed by atoms with Gasteiger partial charge in [0.25, 0.3) is 0 Å². The smallest absolute Gasteiger partial charge is 0.326 e. The summed E-state index contributed by atoms with van der Waals surface area (Å²) in [6.07, 6.45) is 7.65. The third-order valence-corrected chi connectivity index (χ3v) is 18.9. The molecule has 1 heterocycles. The number of amides is 4. The van der Waals surface area contributed by atoms with Crippen molar-refractivity contribution in [2.75, 3.05) is 23.7 Å². The van der Waals surface area contributed by atoms with Crippen LogP contribution in [0, 0.1) is 0 Å². The molecule has 4 amide bonds. The molecular formula is C89H99F9N8O5. The van der Waals surface area contributed by atoms with E-state index in [9.17, 15) is 63.5 Å². The Morgan fingerprint density at radius 1 is 0.450 bits per heavy atom. The Morgan fingerprint density at radius 2 is 0.829 bits per heavy atom. The van der Waals surface area contributed by atoms with Gasteiger partial charge in [-0.25, -0.2) is 14.4 Å². The van der Waals surface area contributed by atoms with E-state index in [1.54, 1.807) is 21.9 Å². The van der Waals surface area contributed by atoms with E-state index in [2.05, 4.69) is 68.3 Å². The first kappa shape index (κ1) is 87.7. The van der Waals surface area contributed by atoms with Gasteiger partial charge in [-0.2, -0.15) is 44.5 Å². The van der Waals surface area contributed by atoms with Crippen molar-refractivity contribution in [1.82, 2.24) is 20.0 Å². The highest BCUT2D eigenvalue weighted by Crippen LogP contribution is 2.35. The highest BCUT2D eigenvalue weighted by atomic mass is 19.4. The van der Waals surface area contributed by atoms with Gasteiger partial charge in [-0.05, 0) is 134 Å². The second-order valence-corrected chi connectivity index (χ2v) is 27.3. The number of nitrogens with two attached hydrogens (primary N) is 1. The lowest BCUT2D eigenvalue weighted by atomic mass is 9.94. The van der Waals surface area contributed by atoms with Gasteiger partial charge in [0.1, 0.15) is 12.1 Å². The maximum absolute atomic E-state index is 13.3.